The summed E-state index contributed by atoms with van der Waals surface area (Å²) in [6, 6.07) is -0.748. The highest BCUT2D eigenvalue weighted by Gasteiger charge is 2.24. The number of amides is 2. The van der Waals surface area contributed by atoms with Crippen molar-refractivity contribution < 1.29 is 19.5 Å². The van der Waals surface area contributed by atoms with Gasteiger partial charge in [-0.2, -0.15) is 0 Å². The van der Waals surface area contributed by atoms with Gasteiger partial charge in [0.1, 0.15) is 6.04 Å². The summed E-state index contributed by atoms with van der Waals surface area (Å²) in [5.41, 5.74) is 0. The predicted molar refractivity (Wildman–Crippen MR) is 45.0 cm³/mol. The molecule has 0 rings (SSSR count). The highest BCUT2D eigenvalue weighted by Crippen LogP contribution is 2.00. The van der Waals surface area contributed by atoms with Gasteiger partial charge in [-0.3, -0.25) is 14.5 Å². The number of carbonyl (C=O) groups is 2. The molecular formula is C7H14N2O4. The summed E-state index contributed by atoms with van der Waals surface area (Å²) in [5.74, 6) is -0.410. The van der Waals surface area contributed by atoms with E-state index in [0.29, 0.717) is 0 Å². The molecule has 0 bridgehead atoms. The maximum absolute atomic E-state index is 11.3. The number of hydrogen-bond donors (Lipinski definition) is 1. The summed E-state index contributed by atoms with van der Waals surface area (Å²) in [5, 5.41) is 9.56. The maximum atomic E-state index is 11.3. The van der Waals surface area contributed by atoms with Crippen LogP contribution in [0.25, 0.3) is 0 Å². The van der Waals surface area contributed by atoms with Crippen molar-refractivity contribution in [3.63, 3.8) is 0 Å². The number of hydroxylamine groups is 2. The highest BCUT2D eigenvalue weighted by molar-refractivity contribution is 5.83. The molecule has 0 radical (unpaired) electrons. The number of likely N-dealkylation sites (N-methyl/N-ethyl adjacent to an activating group) is 2. The van der Waals surface area contributed by atoms with Gasteiger partial charge in [0, 0.05) is 14.1 Å². The molecule has 2 amide bonds. The third-order valence-electron chi connectivity index (χ3n) is 1.82. The lowest BCUT2D eigenvalue weighted by atomic mass is 10.3. The quantitative estimate of drug-likeness (QED) is 0.636. The number of carboxylic acid groups (broad SMARTS) is 1. The molecule has 0 aromatic rings. The van der Waals surface area contributed by atoms with Crippen LogP contribution in [0.2, 0.25) is 0 Å². The van der Waals surface area contributed by atoms with Crippen LogP contribution in [0.1, 0.15) is 6.92 Å². The van der Waals surface area contributed by atoms with E-state index in [1.54, 1.807) is 0 Å². The van der Waals surface area contributed by atoms with Crippen LogP contribution in [-0.4, -0.2) is 54.3 Å². The zero-order chi connectivity index (χ0) is 10.6. The first kappa shape index (κ1) is 11.7. The maximum Gasteiger partial charge on any atom is 0.407 e. The van der Waals surface area contributed by atoms with Gasteiger partial charge in [0.15, 0.2) is 0 Å². The second-order valence-electron chi connectivity index (χ2n) is 2.59. The molecule has 0 saturated carbocycles. The van der Waals surface area contributed by atoms with Gasteiger partial charge in [0.25, 0.3) is 5.91 Å². The van der Waals surface area contributed by atoms with Crippen molar-refractivity contribution in [2.75, 3.05) is 21.2 Å². The first-order valence-electron chi connectivity index (χ1n) is 3.69. The summed E-state index contributed by atoms with van der Waals surface area (Å²) in [6.07, 6.45) is -1.15. The van der Waals surface area contributed by atoms with Crippen LogP contribution in [-0.2, 0) is 9.63 Å². The van der Waals surface area contributed by atoms with E-state index in [4.69, 9.17) is 5.11 Å². The highest BCUT2D eigenvalue weighted by atomic mass is 16.7. The van der Waals surface area contributed by atoms with Gasteiger partial charge in [-0.25, -0.2) is 9.86 Å². The lowest BCUT2D eigenvalue weighted by Crippen LogP contribution is -2.45. The number of carbonyl (C=O) groups excluding carboxylic acids is 1. The molecule has 1 N–H and O–H groups in total. The molecule has 13 heavy (non-hydrogen) atoms. The third-order valence-corrected chi connectivity index (χ3v) is 1.82. The predicted octanol–water partition coefficient (Wildman–Crippen LogP) is 0.00450. The van der Waals surface area contributed by atoms with E-state index in [9.17, 15) is 9.59 Å². The topological polar surface area (TPSA) is 70.1 Å². The average molecular weight is 190 g/mol. The molecule has 0 saturated heterocycles. The molecule has 0 aliphatic carbocycles. The molecule has 0 aromatic carbocycles. The lowest BCUT2D eigenvalue weighted by Gasteiger charge is -2.24. The molecule has 0 aliphatic rings. The van der Waals surface area contributed by atoms with Gasteiger partial charge in [0.05, 0.1) is 7.11 Å². The molecule has 1 unspecified atom stereocenters. The summed E-state index contributed by atoms with van der Waals surface area (Å²) in [6.45, 7) is 1.49. The first-order chi connectivity index (χ1) is 5.91. The Hall–Kier alpha value is -1.30. The Bertz CT molecular complexity index is 207. The summed E-state index contributed by atoms with van der Waals surface area (Å²) in [7, 11) is 4.09. The average Bonchev–Trinajstić information content (AvgIpc) is 2.12. The Morgan fingerprint density at radius 1 is 1.38 bits per heavy atom. The van der Waals surface area contributed by atoms with Crippen LogP contribution >= 0.6 is 0 Å². The van der Waals surface area contributed by atoms with E-state index in [0.717, 1.165) is 9.96 Å². The fraction of sp³-hybridized carbons (Fsp3) is 0.714. The van der Waals surface area contributed by atoms with Gasteiger partial charge < -0.3 is 5.11 Å². The van der Waals surface area contributed by atoms with E-state index in [2.05, 4.69) is 4.84 Å². The molecule has 6 nitrogen and oxygen atoms in total. The molecule has 0 aromatic heterocycles. The smallest absolute Gasteiger partial charge is 0.407 e. The van der Waals surface area contributed by atoms with Gasteiger partial charge in [-0.1, -0.05) is 0 Å². The lowest BCUT2D eigenvalue weighted by molar-refractivity contribution is -0.172. The van der Waals surface area contributed by atoms with Crippen molar-refractivity contribution in [2.24, 2.45) is 0 Å². The van der Waals surface area contributed by atoms with E-state index in [-0.39, 0.29) is 0 Å². The Kier molecular flexibility index (Phi) is 4.19. The van der Waals surface area contributed by atoms with Crippen LogP contribution in [0.5, 0.6) is 0 Å². The molecule has 0 aliphatic heterocycles. The molecule has 6 heteroatoms. The number of nitrogens with zero attached hydrogens (tertiary/aromatic N) is 2. The molecular weight excluding hydrogens is 176 g/mol. The monoisotopic (exact) mass is 190 g/mol. The Morgan fingerprint density at radius 3 is 2.15 bits per heavy atom. The van der Waals surface area contributed by atoms with Crippen LogP contribution < -0.4 is 0 Å². The van der Waals surface area contributed by atoms with Crippen molar-refractivity contribution in [3.8, 4) is 0 Å². The zero-order valence-corrected chi connectivity index (χ0v) is 8.14. The molecule has 0 spiro atoms. The van der Waals surface area contributed by atoms with Gasteiger partial charge in [-0.05, 0) is 6.92 Å². The van der Waals surface area contributed by atoms with Crippen molar-refractivity contribution in [3.05, 3.63) is 0 Å². The summed E-state index contributed by atoms with van der Waals surface area (Å²) < 4.78 is 0. The zero-order valence-electron chi connectivity index (χ0n) is 8.14. The minimum atomic E-state index is -1.15. The number of hydrogen-bond acceptors (Lipinski definition) is 3. The Morgan fingerprint density at radius 2 is 1.85 bits per heavy atom. The Balaban J connectivity index is 4.33. The van der Waals surface area contributed by atoms with Gasteiger partial charge in [0.2, 0.25) is 0 Å². The molecule has 1 atom stereocenters. The summed E-state index contributed by atoms with van der Waals surface area (Å²) in [4.78, 5) is 27.3. The minimum Gasteiger partial charge on any atom is -0.465 e. The fourth-order valence-corrected chi connectivity index (χ4v) is 0.684. The van der Waals surface area contributed by atoms with Crippen molar-refractivity contribution in [2.45, 2.75) is 13.0 Å². The van der Waals surface area contributed by atoms with Crippen LogP contribution in [0.4, 0.5) is 4.79 Å². The summed E-state index contributed by atoms with van der Waals surface area (Å²) >= 11 is 0. The van der Waals surface area contributed by atoms with Gasteiger partial charge in [-0.15, -0.1) is 0 Å². The van der Waals surface area contributed by atoms with E-state index in [1.807, 2.05) is 0 Å². The first-order valence-corrected chi connectivity index (χ1v) is 3.69. The van der Waals surface area contributed by atoms with Crippen LogP contribution in [0, 0.1) is 0 Å². The largest absolute Gasteiger partial charge is 0.465 e. The van der Waals surface area contributed by atoms with E-state index >= 15 is 0 Å². The van der Waals surface area contributed by atoms with Crippen LogP contribution in [0.3, 0.4) is 0 Å². The second kappa shape index (κ2) is 4.66. The molecule has 0 heterocycles. The second-order valence-corrected chi connectivity index (χ2v) is 2.59. The van der Waals surface area contributed by atoms with Crippen molar-refractivity contribution >= 4 is 12.0 Å². The number of rotatable bonds is 3. The van der Waals surface area contributed by atoms with E-state index in [1.165, 1.54) is 28.1 Å². The van der Waals surface area contributed by atoms with Crippen LogP contribution in [0.15, 0.2) is 0 Å². The fourth-order valence-electron chi connectivity index (χ4n) is 0.684. The van der Waals surface area contributed by atoms with E-state index < -0.39 is 18.0 Å². The van der Waals surface area contributed by atoms with Crippen molar-refractivity contribution in [1.29, 1.82) is 0 Å². The van der Waals surface area contributed by atoms with Gasteiger partial charge >= 0.3 is 6.09 Å². The molecule has 0 fully saturated rings. The minimum absolute atomic E-state index is 0.410. The third kappa shape index (κ3) is 2.90. The van der Waals surface area contributed by atoms with Crippen molar-refractivity contribution in [1.82, 2.24) is 9.96 Å². The molecule has 76 valence electrons. The Labute approximate surface area is 76.6 Å². The normalized spacial score (nSPS) is 12.0. The standard InChI is InChI=1S/C7H14N2O4/c1-5(8(2)7(11)12)6(10)9(3)13-4/h5H,1-4H3,(H,11,12). The SMILES string of the molecule is CON(C)C(=O)C(C)N(C)C(=O)O.